The van der Waals surface area contributed by atoms with Gasteiger partial charge in [-0.1, -0.05) is 6.07 Å². The van der Waals surface area contributed by atoms with E-state index in [-0.39, 0.29) is 0 Å². The van der Waals surface area contributed by atoms with Crippen molar-refractivity contribution in [3.63, 3.8) is 0 Å². The maximum Gasteiger partial charge on any atom is 0.182 e. The van der Waals surface area contributed by atoms with Crippen LogP contribution < -0.4 is 4.80 Å². The van der Waals surface area contributed by atoms with Crippen LogP contribution in [0.3, 0.4) is 0 Å². The van der Waals surface area contributed by atoms with Gasteiger partial charge in [0.1, 0.15) is 0 Å². The van der Waals surface area contributed by atoms with Crippen molar-refractivity contribution < 1.29 is 0 Å². The third-order valence-electron chi connectivity index (χ3n) is 2.72. The van der Waals surface area contributed by atoms with Gasteiger partial charge in [0.2, 0.25) is 0 Å². The lowest BCUT2D eigenvalue weighted by atomic mass is 10.2. The van der Waals surface area contributed by atoms with E-state index in [0.717, 1.165) is 17.8 Å². The lowest BCUT2D eigenvalue weighted by Crippen LogP contribution is -2.15. The smallest absolute Gasteiger partial charge is 0.182 e. The molecule has 2 heterocycles. The van der Waals surface area contributed by atoms with E-state index in [0.29, 0.717) is 4.80 Å². The number of hydrogen-bond donors (Lipinski definition) is 1. The van der Waals surface area contributed by atoms with Crippen LogP contribution in [0.15, 0.2) is 18.3 Å². The van der Waals surface area contributed by atoms with Gasteiger partial charge in [-0.3, -0.25) is 10.4 Å². The number of aromatic nitrogens is 2. The molecule has 2 rings (SSSR count). The molecule has 2 aromatic heterocycles. The number of nitrogens with one attached hydrogen (secondary N) is 1. The fraction of sp³-hybridized carbons (Fsp3) is 0.333. The highest BCUT2D eigenvalue weighted by atomic mass is 32.1. The molecule has 0 amide bonds. The topological polar surface area (TPSA) is 41.7 Å². The Labute approximate surface area is 98.9 Å². The number of thiazole rings is 1. The van der Waals surface area contributed by atoms with Crippen molar-refractivity contribution in [1.29, 1.82) is 5.41 Å². The van der Waals surface area contributed by atoms with Crippen LogP contribution in [0.25, 0.3) is 0 Å². The Morgan fingerprint density at radius 3 is 2.56 bits per heavy atom. The summed E-state index contributed by atoms with van der Waals surface area (Å²) in [5.74, 6) is 0. The lowest BCUT2D eigenvalue weighted by Gasteiger charge is -2.06. The minimum absolute atomic E-state index is 0.607. The average molecular weight is 233 g/mol. The predicted molar refractivity (Wildman–Crippen MR) is 65.7 cm³/mol. The highest BCUT2D eigenvalue weighted by molar-refractivity contribution is 7.09. The second kappa shape index (κ2) is 4.22. The Morgan fingerprint density at radius 1 is 1.31 bits per heavy atom. The quantitative estimate of drug-likeness (QED) is 0.850. The van der Waals surface area contributed by atoms with Crippen LogP contribution in [0.4, 0.5) is 0 Å². The summed E-state index contributed by atoms with van der Waals surface area (Å²) in [6.45, 7) is 6.84. The second-order valence-corrected chi connectivity index (χ2v) is 5.15. The first-order valence-electron chi connectivity index (χ1n) is 5.21. The largest absolute Gasteiger partial charge is 0.317 e. The molecule has 0 aliphatic rings. The van der Waals surface area contributed by atoms with Crippen molar-refractivity contribution in [2.24, 2.45) is 0 Å². The molecular weight excluding hydrogens is 218 g/mol. The molecule has 0 saturated carbocycles. The number of nitrogens with zero attached hydrogens (tertiary/aromatic N) is 2. The van der Waals surface area contributed by atoms with Crippen LogP contribution >= 0.6 is 11.3 Å². The van der Waals surface area contributed by atoms with E-state index in [4.69, 9.17) is 5.41 Å². The fourth-order valence-corrected chi connectivity index (χ4v) is 2.44. The molecule has 1 N–H and O–H groups in total. The van der Waals surface area contributed by atoms with E-state index in [2.05, 4.69) is 24.9 Å². The molecule has 0 unspecified atom stereocenters. The summed E-state index contributed by atoms with van der Waals surface area (Å²) in [7, 11) is 0. The van der Waals surface area contributed by atoms with Gasteiger partial charge in [-0.05, 0) is 32.4 Å². The Balaban J connectivity index is 2.34. The molecule has 0 radical (unpaired) electrons. The molecule has 4 heteroatoms. The first kappa shape index (κ1) is 11.1. The number of aryl methyl sites for hydroxylation is 2. The molecule has 16 heavy (non-hydrogen) atoms. The van der Waals surface area contributed by atoms with Gasteiger partial charge in [-0.25, -0.2) is 0 Å². The van der Waals surface area contributed by atoms with Gasteiger partial charge in [0.15, 0.2) is 4.80 Å². The molecule has 3 nitrogen and oxygen atoms in total. The third kappa shape index (κ3) is 2.07. The average Bonchev–Trinajstić information content (AvgIpc) is 2.48. The minimum Gasteiger partial charge on any atom is -0.317 e. The molecule has 0 spiro atoms. The van der Waals surface area contributed by atoms with Gasteiger partial charge in [-0.15, -0.1) is 11.3 Å². The molecule has 0 saturated heterocycles. The Kier molecular flexibility index (Phi) is 2.92. The van der Waals surface area contributed by atoms with Gasteiger partial charge in [0.25, 0.3) is 0 Å². The summed E-state index contributed by atoms with van der Waals surface area (Å²) in [6, 6.07) is 4.08. The zero-order valence-corrected chi connectivity index (χ0v) is 10.6. The number of pyridine rings is 1. The van der Waals surface area contributed by atoms with Crippen LogP contribution in [-0.2, 0) is 6.54 Å². The van der Waals surface area contributed by atoms with Crippen LogP contribution in [0.1, 0.15) is 21.8 Å². The van der Waals surface area contributed by atoms with E-state index in [1.54, 1.807) is 0 Å². The van der Waals surface area contributed by atoms with Gasteiger partial charge in [-0.2, -0.15) is 0 Å². The van der Waals surface area contributed by atoms with Crippen LogP contribution in [-0.4, -0.2) is 9.55 Å². The van der Waals surface area contributed by atoms with Crippen molar-refractivity contribution in [3.05, 3.63) is 45.0 Å². The summed E-state index contributed by atoms with van der Waals surface area (Å²) in [5.41, 5.74) is 3.35. The summed E-state index contributed by atoms with van der Waals surface area (Å²) in [5, 5.41) is 7.89. The normalized spacial score (nSPS) is 10.7. The van der Waals surface area contributed by atoms with Crippen molar-refractivity contribution in [2.45, 2.75) is 27.3 Å². The molecule has 0 aromatic carbocycles. The van der Waals surface area contributed by atoms with E-state index in [1.165, 1.54) is 21.9 Å². The van der Waals surface area contributed by atoms with Crippen molar-refractivity contribution >= 4 is 11.3 Å². The maximum absolute atomic E-state index is 7.89. The van der Waals surface area contributed by atoms with Gasteiger partial charge in [0, 0.05) is 22.5 Å². The number of hydrogen-bond acceptors (Lipinski definition) is 3. The van der Waals surface area contributed by atoms with Gasteiger partial charge in [0.05, 0.1) is 6.54 Å². The fourth-order valence-electron chi connectivity index (χ4n) is 1.58. The molecule has 0 bridgehead atoms. The van der Waals surface area contributed by atoms with Crippen molar-refractivity contribution in [1.82, 2.24) is 9.55 Å². The molecule has 84 valence electrons. The van der Waals surface area contributed by atoms with Crippen LogP contribution in [0, 0.1) is 26.2 Å². The third-order valence-corrected chi connectivity index (χ3v) is 3.74. The zero-order valence-electron chi connectivity index (χ0n) is 9.74. The SMILES string of the molecule is Cc1ccc(Cn2c(C)c(C)sc2=N)cn1. The van der Waals surface area contributed by atoms with Crippen LogP contribution in [0.2, 0.25) is 0 Å². The van der Waals surface area contributed by atoms with E-state index < -0.39 is 0 Å². The van der Waals surface area contributed by atoms with Gasteiger partial charge >= 0.3 is 0 Å². The second-order valence-electron chi connectivity index (χ2n) is 3.94. The maximum atomic E-state index is 7.89. The summed E-state index contributed by atoms with van der Waals surface area (Å²) in [6.07, 6.45) is 1.88. The number of rotatable bonds is 2. The monoisotopic (exact) mass is 233 g/mol. The minimum atomic E-state index is 0.607. The molecule has 2 aromatic rings. The van der Waals surface area contributed by atoms with Gasteiger partial charge < -0.3 is 4.57 Å². The van der Waals surface area contributed by atoms with E-state index >= 15 is 0 Å². The van der Waals surface area contributed by atoms with Crippen LogP contribution in [0.5, 0.6) is 0 Å². The van der Waals surface area contributed by atoms with Crippen molar-refractivity contribution in [2.75, 3.05) is 0 Å². The van der Waals surface area contributed by atoms with E-state index in [1.807, 2.05) is 23.8 Å². The Morgan fingerprint density at radius 2 is 2.06 bits per heavy atom. The standard InChI is InChI=1S/C12H15N3S/c1-8-4-5-11(6-14-8)7-15-9(2)10(3)16-12(15)13/h4-6,13H,7H2,1-3H3. The summed E-state index contributed by atoms with van der Waals surface area (Å²) in [4.78, 5) is 6.09. The van der Waals surface area contributed by atoms with Crippen molar-refractivity contribution in [3.8, 4) is 0 Å². The first-order chi connectivity index (χ1) is 7.58. The lowest BCUT2D eigenvalue weighted by molar-refractivity contribution is 0.727. The van der Waals surface area contributed by atoms with E-state index in [9.17, 15) is 0 Å². The molecule has 0 fully saturated rings. The predicted octanol–water partition coefficient (Wildman–Crippen LogP) is 2.40. The molecular formula is C12H15N3S. The Hall–Kier alpha value is -1.42. The molecule has 0 aliphatic heterocycles. The summed E-state index contributed by atoms with van der Waals surface area (Å²) >= 11 is 1.53. The molecule has 0 aliphatic carbocycles. The highest BCUT2D eigenvalue weighted by Crippen LogP contribution is 2.11. The molecule has 0 atom stereocenters. The summed E-state index contributed by atoms with van der Waals surface area (Å²) < 4.78 is 2.02. The Bertz CT molecular complexity index is 549. The highest BCUT2D eigenvalue weighted by Gasteiger charge is 2.05. The first-order valence-corrected chi connectivity index (χ1v) is 6.02. The zero-order chi connectivity index (χ0) is 11.7.